The number of rotatable bonds is 3. The Bertz CT molecular complexity index is 598. The second-order valence-corrected chi connectivity index (χ2v) is 5.28. The van der Waals surface area contributed by atoms with E-state index in [4.69, 9.17) is 4.74 Å². The van der Waals surface area contributed by atoms with Crippen LogP contribution in [0.25, 0.3) is 0 Å². The van der Waals surface area contributed by atoms with E-state index in [1.54, 1.807) is 6.92 Å². The normalized spacial score (nSPS) is 22.4. The number of nitrogens with zero attached hydrogens (tertiary/aromatic N) is 1. The van der Waals surface area contributed by atoms with Gasteiger partial charge in [-0.05, 0) is 31.9 Å². The molecule has 0 saturated carbocycles. The largest absolute Gasteiger partial charge is 0.406 e. The van der Waals surface area contributed by atoms with Crippen LogP contribution in [0.3, 0.4) is 0 Å². The summed E-state index contributed by atoms with van der Waals surface area (Å²) in [6.07, 6.45) is -2.39. The summed E-state index contributed by atoms with van der Waals surface area (Å²) < 4.78 is 43.1. The van der Waals surface area contributed by atoms with Crippen LogP contribution in [0, 0.1) is 5.92 Å². The maximum Gasteiger partial charge on any atom is 0.406 e. The molecule has 0 bridgehead atoms. The third kappa shape index (κ3) is 4.09. The number of carbonyl (C=O) groups is 1. The second kappa shape index (κ2) is 6.51. The molecule has 1 N–H and O–H groups in total. The van der Waals surface area contributed by atoms with Crippen molar-refractivity contribution >= 4 is 11.6 Å². The van der Waals surface area contributed by atoms with Gasteiger partial charge >= 0.3 is 6.18 Å². The number of ether oxygens (including phenoxy) is 1. The minimum Gasteiger partial charge on any atom is -0.378 e. The van der Waals surface area contributed by atoms with Gasteiger partial charge in [0.1, 0.15) is 12.2 Å². The number of pyridine rings is 1. The lowest BCUT2D eigenvalue weighted by atomic mass is 9.94. The van der Waals surface area contributed by atoms with Gasteiger partial charge in [-0.2, -0.15) is 13.2 Å². The Labute approximate surface area is 125 Å². The summed E-state index contributed by atoms with van der Waals surface area (Å²) in [5.74, 6) is -0.821. The van der Waals surface area contributed by atoms with Gasteiger partial charge in [-0.15, -0.1) is 0 Å². The van der Waals surface area contributed by atoms with Gasteiger partial charge in [0.25, 0.3) is 5.56 Å². The van der Waals surface area contributed by atoms with Crippen molar-refractivity contribution in [2.75, 3.05) is 11.9 Å². The van der Waals surface area contributed by atoms with Crippen LogP contribution in [-0.4, -0.2) is 29.4 Å². The highest BCUT2D eigenvalue weighted by Crippen LogP contribution is 2.22. The number of halogens is 3. The third-order valence-corrected chi connectivity index (χ3v) is 3.57. The first-order valence-electron chi connectivity index (χ1n) is 6.96. The number of hydrogen-bond donors (Lipinski definition) is 1. The fourth-order valence-corrected chi connectivity index (χ4v) is 2.44. The van der Waals surface area contributed by atoms with Gasteiger partial charge in [0.05, 0.1) is 12.0 Å². The van der Waals surface area contributed by atoms with E-state index in [-0.39, 0.29) is 11.8 Å². The van der Waals surface area contributed by atoms with E-state index >= 15 is 0 Å². The molecule has 22 heavy (non-hydrogen) atoms. The SMILES string of the molecule is CC1OCCCC1C(=O)Nc1cccn(CC(F)(F)F)c1=O. The first-order valence-corrected chi connectivity index (χ1v) is 6.96. The summed E-state index contributed by atoms with van der Waals surface area (Å²) in [6.45, 7) is 0.948. The number of hydrogen-bond acceptors (Lipinski definition) is 3. The molecule has 1 fully saturated rings. The van der Waals surface area contributed by atoms with Gasteiger partial charge in [0, 0.05) is 12.8 Å². The molecule has 2 atom stereocenters. The van der Waals surface area contributed by atoms with E-state index in [2.05, 4.69) is 5.32 Å². The van der Waals surface area contributed by atoms with Crippen molar-refractivity contribution in [2.24, 2.45) is 5.92 Å². The molecule has 1 aliphatic rings. The Kier molecular flexibility index (Phi) is 4.90. The second-order valence-electron chi connectivity index (χ2n) is 5.28. The van der Waals surface area contributed by atoms with Crippen molar-refractivity contribution in [2.45, 2.75) is 38.6 Å². The van der Waals surface area contributed by atoms with E-state index in [1.807, 2.05) is 0 Å². The first kappa shape index (κ1) is 16.5. The van der Waals surface area contributed by atoms with Crippen LogP contribution in [0.15, 0.2) is 23.1 Å². The van der Waals surface area contributed by atoms with Crippen LogP contribution < -0.4 is 10.9 Å². The Hall–Kier alpha value is -1.83. The number of nitrogens with one attached hydrogen (secondary N) is 1. The molecule has 0 aliphatic carbocycles. The molecular weight excluding hydrogens is 301 g/mol. The van der Waals surface area contributed by atoms with Gasteiger partial charge in [-0.1, -0.05) is 0 Å². The van der Waals surface area contributed by atoms with Crippen molar-refractivity contribution in [3.8, 4) is 0 Å². The summed E-state index contributed by atoms with van der Waals surface area (Å²) in [7, 11) is 0. The maximum atomic E-state index is 12.4. The van der Waals surface area contributed by atoms with Crippen LogP contribution in [0.4, 0.5) is 18.9 Å². The van der Waals surface area contributed by atoms with Crippen LogP contribution >= 0.6 is 0 Å². The lowest BCUT2D eigenvalue weighted by molar-refractivity contribution is -0.141. The number of aromatic nitrogens is 1. The Morgan fingerprint density at radius 1 is 1.50 bits per heavy atom. The molecule has 1 aromatic heterocycles. The van der Waals surface area contributed by atoms with E-state index in [1.165, 1.54) is 12.1 Å². The molecule has 2 heterocycles. The zero-order valence-corrected chi connectivity index (χ0v) is 12.0. The van der Waals surface area contributed by atoms with Crippen molar-refractivity contribution in [3.63, 3.8) is 0 Å². The van der Waals surface area contributed by atoms with Crippen molar-refractivity contribution in [1.82, 2.24) is 4.57 Å². The summed E-state index contributed by atoms with van der Waals surface area (Å²) in [6, 6.07) is 2.59. The summed E-state index contributed by atoms with van der Waals surface area (Å²) in [5.41, 5.74) is -1.04. The van der Waals surface area contributed by atoms with E-state index in [9.17, 15) is 22.8 Å². The van der Waals surface area contributed by atoms with Gasteiger partial charge in [0.2, 0.25) is 5.91 Å². The lowest BCUT2D eigenvalue weighted by Crippen LogP contribution is -2.38. The standard InChI is InChI=1S/C14H17F3N2O3/c1-9-10(4-3-7-22-9)12(20)18-11-5-2-6-19(13(11)21)8-14(15,16)17/h2,5-6,9-10H,3-4,7-8H2,1H3,(H,18,20). The third-order valence-electron chi connectivity index (χ3n) is 3.57. The monoisotopic (exact) mass is 318 g/mol. The van der Waals surface area contributed by atoms with Crippen molar-refractivity contribution in [3.05, 3.63) is 28.7 Å². The highest BCUT2D eigenvalue weighted by Gasteiger charge is 2.30. The first-order chi connectivity index (χ1) is 10.3. The minimum atomic E-state index is -4.50. The van der Waals surface area contributed by atoms with Crippen molar-refractivity contribution < 1.29 is 22.7 Å². The highest BCUT2D eigenvalue weighted by molar-refractivity contribution is 5.92. The van der Waals surface area contributed by atoms with Crippen LogP contribution in [0.5, 0.6) is 0 Å². The number of anilines is 1. The van der Waals surface area contributed by atoms with Crippen LogP contribution in [0.2, 0.25) is 0 Å². The topological polar surface area (TPSA) is 60.3 Å². The fourth-order valence-electron chi connectivity index (χ4n) is 2.44. The molecule has 2 rings (SSSR count). The van der Waals surface area contributed by atoms with E-state index in [0.29, 0.717) is 17.6 Å². The predicted molar refractivity (Wildman–Crippen MR) is 73.5 cm³/mol. The average molecular weight is 318 g/mol. The molecule has 1 aliphatic heterocycles. The fraction of sp³-hybridized carbons (Fsp3) is 0.571. The molecule has 0 spiro atoms. The molecule has 2 unspecified atom stereocenters. The van der Waals surface area contributed by atoms with Crippen molar-refractivity contribution in [1.29, 1.82) is 0 Å². The Balaban J connectivity index is 2.14. The van der Waals surface area contributed by atoms with Gasteiger partial charge in [-0.3, -0.25) is 9.59 Å². The summed E-state index contributed by atoms with van der Waals surface area (Å²) in [5, 5.41) is 2.42. The molecule has 5 nitrogen and oxygen atoms in total. The molecule has 8 heteroatoms. The lowest BCUT2D eigenvalue weighted by Gasteiger charge is -2.27. The van der Waals surface area contributed by atoms with Gasteiger partial charge in [0.15, 0.2) is 0 Å². The van der Waals surface area contributed by atoms with E-state index in [0.717, 1.165) is 12.6 Å². The summed E-state index contributed by atoms with van der Waals surface area (Å²) >= 11 is 0. The zero-order valence-electron chi connectivity index (χ0n) is 12.0. The minimum absolute atomic E-state index is 0.158. The smallest absolute Gasteiger partial charge is 0.378 e. The molecule has 1 amide bonds. The quantitative estimate of drug-likeness (QED) is 0.929. The average Bonchev–Trinajstić information content (AvgIpc) is 2.42. The van der Waals surface area contributed by atoms with E-state index < -0.39 is 30.1 Å². The van der Waals surface area contributed by atoms with Gasteiger partial charge < -0.3 is 14.6 Å². The van der Waals surface area contributed by atoms with Gasteiger partial charge in [-0.25, -0.2) is 0 Å². The molecule has 122 valence electrons. The zero-order chi connectivity index (χ0) is 16.3. The van der Waals surface area contributed by atoms with Crippen LogP contribution in [-0.2, 0) is 16.1 Å². The molecule has 0 radical (unpaired) electrons. The number of amides is 1. The molecular formula is C14H17F3N2O3. The predicted octanol–water partition coefficient (Wildman–Crippen LogP) is 2.16. The van der Waals surface area contributed by atoms with Crippen LogP contribution in [0.1, 0.15) is 19.8 Å². The number of carbonyl (C=O) groups excluding carboxylic acids is 1. The molecule has 0 aromatic carbocycles. The Morgan fingerprint density at radius 2 is 2.23 bits per heavy atom. The Morgan fingerprint density at radius 3 is 2.86 bits per heavy atom. The highest BCUT2D eigenvalue weighted by atomic mass is 19.4. The molecule has 1 saturated heterocycles. The number of alkyl halides is 3. The maximum absolute atomic E-state index is 12.4. The summed E-state index contributed by atoms with van der Waals surface area (Å²) in [4.78, 5) is 24.1. The molecule has 1 aromatic rings.